The Morgan fingerprint density at radius 3 is 2.48 bits per heavy atom. The molecular weight excluding hydrogens is 384 g/mol. The summed E-state index contributed by atoms with van der Waals surface area (Å²) in [4.78, 5) is 61.5. The lowest BCUT2D eigenvalue weighted by atomic mass is 10.1. The van der Waals surface area contributed by atoms with Gasteiger partial charge in [0.25, 0.3) is 17.5 Å². The Morgan fingerprint density at radius 2 is 1.86 bits per heavy atom. The average Bonchev–Trinajstić information content (AvgIpc) is 2.93. The molecule has 1 N–H and O–H groups in total. The van der Waals surface area contributed by atoms with Crippen LogP contribution in [-0.2, 0) is 9.53 Å². The predicted octanol–water partition coefficient (Wildman–Crippen LogP) is 0.928. The smallest absolute Gasteiger partial charge is 0.407 e. The van der Waals surface area contributed by atoms with Gasteiger partial charge in [-0.25, -0.2) is 4.79 Å². The number of carbonyl (C=O) groups is 4. The molecule has 2 aliphatic rings. The largest absolute Gasteiger partial charge is 0.450 e. The fourth-order valence-corrected chi connectivity index (χ4v) is 3.38. The second-order valence-corrected chi connectivity index (χ2v) is 6.70. The molecule has 1 aromatic carbocycles. The van der Waals surface area contributed by atoms with Crippen molar-refractivity contribution in [2.75, 3.05) is 26.2 Å². The zero-order chi connectivity index (χ0) is 21.1. The first-order valence-corrected chi connectivity index (χ1v) is 9.17. The molecule has 11 heteroatoms. The lowest BCUT2D eigenvalue weighted by Gasteiger charge is -2.32. The minimum Gasteiger partial charge on any atom is -0.450 e. The van der Waals surface area contributed by atoms with Crippen LogP contribution in [0.15, 0.2) is 18.2 Å². The lowest BCUT2D eigenvalue weighted by Crippen LogP contribution is -2.49. The molecule has 0 radical (unpaired) electrons. The predicted molar refractivity (Wildman–Crippen MR) is 98.2 cm³/mol. The fraction of sp³-hybridized carbons (Fsp3) is 0.444. The number of hydrogen-bond donors (Lipinski definition) is 1. The van der Waals surface area contributed by atoms with Crippen molar-refractivity contribution in [3.05, 3.63) is 39.4 Å². The molecule has 4 amide bonds. The SMILES string of the molecule is CCOC(=O)NC1CCN(C(=O)CN2C(=O)c3ccc([N+](=O)[O-])cc3C2=O)CC1. The van der Waals surface area contributed by atoms with Crippen molar-refractivity contribution in [2.24, 2.45) is 0 Å². The highest BCUT2D eigenvalue weighted by atomic mass is 16.6. The van der Waals surface area contributed by atoms with Crippen molar-refractivity contribution in [1.29, 1.82) is 0 Å². The second-order valence-electron chi connectivity index (χ2n) is 6.70. The Labute approximate surface area is 165 Å². The molecule has 0 aliphatic carbocycles. The maximum atomic E-state index is 12.6. The maximum absolute atomic E-state index is 12.6. The number of ether oxygens (including phenoxy) is 1. The number of piperidine rings is 1. The van der Waals surface area contributed by atoms with E-state index in [2.05, 4.69) is 5.32 Å². The average molecular weight is 404 g/mol. The molecule has 0 bridgehead atoms. The van der Waals surface area contributed by atoms with Crippen LogP contribution in [0, 0.1) is 10.1 Å². The Kier molecular flexibility index (Phi) is 5.76. The zero-order valence-corrected chi connectivity index (χ0v) is 15.8. The van der Waals surface area contributed by atoms with E-state index in [0.29, 0.717) is 25.9 Å². The minimum absolute atomic E-state index is 0.0470. The third-order valence-corrected chi connectivity index (χ3v) is 4.90. The van der Waals surface area contributed by atoms with E-state index in [-0.39, 0.29) is 29.5 Å². The van der Waals surface area contributed by atoms with Gasteiger partial charge < -0.3 is 15.0 Å². The summed E-state index contributed by atoms with van der Waals surface area (Å²) in [5.74, 6) is -1.77. The molecule has 2 aliphatic heterocycles. The highest BCUT2D eigenvalue weighted by Gasteiger charge is 2.38. The molecule has 2 heterocycles. The summed E-state index contributed by atoms with van der Waals surface area (Å²) < 4.78 is 4.83. The van der Waals surface area contributed by atoms with E-state index in [9.17, 15) is 29.3 Å². The van der Waals surface area contributed by atoms with E-state index in [4.69, 9.17) is 4.74 Å². The summed E-state index contributed by atoms with van der Waals surface area (Å²) in [5, 5.41) is 13.6. The van der Waals surface area contributed by atoms with Gasteiger partial charge in [-0.3, -0.25) is 29.4 Å². The molecular formula is C18H20N4O7. The van der Waals surface area contributed by atoms with Crippen molar-refractivity contribution in [1.82, 2.24) is 15.1 Å². The van der Waals surface area contributed by atoms with Gasteiger partial charge in [-0.1, -0.05) is 0 Å². The van der Waals surface area contributed by atoms with Crippen molar-refractivity contribution < 1.29 is 28.8 Å². The Morgan fingerprint density at radius 1 is 1.21 bits per heavy atom. The van der Waals surface area contributed by atoms with Gasteiger partial charge in [0.05, 0.1) is 22.7 Å². The quantitative estimate of drug-likeness (QED) is 0.437. The summed E-state index contributed by atoms with van der Waals surface area (Å²) in [7, 11) is 0. The minimum atomic E-state index is -0.721. The summed E-state index contributed by atoms with van der Waals surface area (Å²) in [6.07, 6.45) is 0.551. The molecule has 3 rings (SSSR count). The van der Waals surface area contributed by atoms with Crippen molar-refractivity contribution >= 4 is 29.5 Å². The molecule has 0 spiro atoms. The van der Waals surface area contributed by atoms with E-state index in [1.165, 1.54) is 11.0 Å². The van der Waals surface area contributed by atoms with Crippen molar-refractivity contribution in [2.45, 2.75) is 25.8 Å². The summed E-state index contributed by atoms with van der Waals surface area (Å²) in [6, 6.07) is 3.31. The molecule has 0 unspecified atom stereocenters. The number of nitro groups is 1. The van der Waals surface area contributed by atoms with Gasteiger partial charge in [0.1, 0.15) is 6.54 Å². The molecule has 1 aromatic rings. The number of benzene rings is 1. The summed E-state index contributed by atoms with van der Waals surface area (Å²) >= 11 is 0. The number of likely N-dealkylation sites (tertiary alicyclic amines) is 1. The summed E-state index contributed by atoms with van der Waals surface area (Å²) in [6.45, 7) is 2.27. The van der Waals surface area contributed by atoms with Gasteiger partial charge in [0, 0.05) is 31.3 Å². The molecule has 0 saturated carbocycles. The van der Waals surface area contributed by atoms with Gasteiger partial charge in [-0.15, -0.1) is 0 Å². The number of rotatable bonds is 5. The molecule has 0 atom stereocenters. The van der Waals surface area contributed by atoms with E-state index in [0.717, 1.165) is 17.0 Å². The van der Waals surface area contributed by atoms with Gasteiger partial charge in [0.2, 0.25) is 5.91 Å². The molecule has 11 nitrogen and oxygen atoms in total. The summed E-state index contributed by atoms with van der Waals surface area (Å²) in [5.41, 5.74) is -0.325. The first kappa shape index (κ1) is 20.2. The number of nitrogens with zero attached hydrogens (tertiary/aromatic N) is 3. The van der Waals surface area contributed by atoms with Crippen LogP contribution in [0.4, 0.5) is 10.5 Å². The highest BCUT2D eigenvalue weighted by Crippen LogP contribution is 2.27. The standard InChI is InChI=1S/C18H20N4O7/c1-2-29-18(26)19-11-5-7-20(8-6-11)15(23)10-21-16(24)13-4-3-12(22(27)28)9-14(13)17(21)25/h3-4,9,11H,2,5-8,10H2,1H3,(H,19,26). The highest BCUT2D eigenvalue weighted by molar-refractivity contribution is 6.22. The van der Waals surface area contributed by atoms with Crippen LogP contribution in [0.25, 0.3) is 0 Å². The molecule has 29 heavy (non-hydrogen) atoms. The van der Waals surface area contributed by atoms with Crippen LogP contribution < -0.4 is 5.32 Å². The van der Waals surface area contributed by atoms with E-state index < -0.39 is 35.3 Å². The van der Waals surface area contributed by atoms with E-state index >= 15 is 0 Å². The van der Waals surface area contributed by atoms with Crippen LogP contribution in [0.1, 0.15) is 40.5 Å². The molecule has 1 fully saturated rings. The van der Waals surface area contributed by atoms with Crippen LogP contribution >= 0.6 is 0 Å². The van der Waals surface area contributed by atoms with Crippen molar-refractivity contribution in [3.8, 4) is 0 Å². The number of imide groups is 1. The van der Waals surface area contributed by atoms with E-state index in [1.54, 1.807) is 6.92 Å². The Bertz CT molecular complexity index is 877. The van der Waals surface area contributed by atoms with E-state index in [1.807, 2.05) is 0 Å². The number of fused-ring (bicyclic) bond motifs is 1. The second kappa shape index (κ2) is 8.25. The molecule has 0 aromatic heterocycles. The van der Waals surface area contributed by atoms with Crippen LogP contribution in [0.2, 0.25) is 0 Å². The first-order valence-electron chi connectivity index (χ1n) is 9.17. The van der Waals surface area contributed by atoms with Gasteiger partial charge in [0.15, 0.2) is 0 Å². The topological polar surface area (TPSA) is 139 Å². The number of nitro benzene ring substituents is 1. The van der Waals surface area contributed by atoms with Gasteiger partial charge >= 0.3 is 6.09 Å². The van der Waals surface area contributed by atoms with Crippen LogP contribution in [0.3, 0.4) is 0 Å². The number of alkyl carbamates (subject to hydrolysis) is 1. The zero-order valence-electron chi connectivity index (χ0n) is 15.8. The molecule has 1 saturated heterocycles. The van der Waals surface area contributed by atoms with Crippen LogP contribution in [-0.4, -0.2) is 70.8 Å². The number of hydrogen-bond acceptors (Lipinski definition) is 7. The van der Waals surface area contributed by atoms with Gasteiger partial charge in [-0.05, 0) is 25.8 Å². The lowest BCUT2D eigenvalue weighted by molar-refractivity contribution is -0.384. The molecule has 154 valence electrons. The number of nitrogens with one attached hydrogen (secondary N) is 1. The van der Waals surface area contributed by atoms with Gasteiger partial charge in [-0.2, -0.15) is 0 Å². The first-order chi connectivity index (χ1) is 13.8. The Balaban J connectivity index is 1.59. The monoisotopic (exact) mass is 404 g/mol. The number of amides is 4. The number of carbonyl (C=O) groups excluding carboxylic acids is 4. The Hall–Kier alpha value is -3.50. The van der Waals surface area contributed by atoms with Crippen molar-refractivity contribution in [3.63, 3.8) is 0 Å². The third kappa shape index (κ3) is 4.18. The normalized spacial score (nSPS) is 16.6. The third-order valence-electron chi connectivity index (χ3n) is 4.90. The van der Waals surface area contributed by atoms with Crippen LogP contribution in [0.5, 0.6) is 0 Å². The fourth-order valence-electron chi connectivity index (χ4n) is 3.38. The number of non-ortho nitro benzene ring substituents is 1. The maximum Gasteiger partial charge on any atom is 0.407 e.